The van der Waals surface area contributed by atoms with Crippen LogP contribution >= 0.6 is 0 Å². The molecule has 0 N–H and O–H groups in total. The molecule has 144 valence electrons. The topological polar surface area (TPSA) is 42.0 Å². The van der Waals surface area contributed by atoms with Gasteiger partial charge in [-0.15, -0.1) is 0 Å². The molecule has 0 bridgehead atoms. The van der Waals surface area contributed by atoms with E-state index in [4.69, 9.17) is 9.47 Å². The standard InChI is InChI=1S/C21H25FN2O3/c1-3-23(12-17-8-9-19-20(11-17)27-15-26-19)14-21(25)24(4-2)13-16-6-5-7-18(22)10-16/h5-11H,3-4,12-15H2,1-2H3. The maximum atomic E-state index is 13.4. The lowest BCUT2D eigenvalue weighted by Gasteiger charge is -2.26. The lowest BCUT2D eigenvalue weighted by Crippen LogP contribution is -2.39. The van der Waals surface area contributed by atoms with E-state index in [1.807, 2.05) is 38.1 Å². The van der Waals surface area contributed by atoms with E-state index < -0.39 is 0 Å². The molecule has 0 unspecified atom stereocenters. The summed E-state index contributed by atoms with van der Waals surface area (Å²) < 4.78 is 24.2. The Kier molecular flexibility index (Phi) is 6.29. The van der Waals surface area contributed by atoms with Crippen LogP contribution in [0.25, 0.3) is 0 Å². The zero-order chi connectivity index (χ0) is 19.2. The lowest BCUT2D eigenvalue weighted by molar-refractivity contribution is -0.132. The molecule has 6 heteroatoms. The Morgan fingerprint density at radius 3 is 2.52 bits per heavy atom. The van der Waals surface area contributed by atoms with Crippen LogP contribution in [0.4, 0.5) is 4.39 Å². The molecule has 1 heterocycles. The predicted octanol–water partition coefficient (Wildman–Crippen LogP) is 3.43. The van der Waals surface area contributed by atoms with Crippen LogP contribution in [-0.2, 0) is 17.9 Å². The first-order valence-corrected chi connectivity index (χ1v) is 9.22. The van der Waals surface area contributed by atoms with Crippen LogP contribution in [0.15, 0.2) is 42.5 Å². The number of ether oxygens (including phenoxy) is 2. The van der Waals surface area contributed by atoms with E-state index in [0.29, 0.717) is 26.2 Å². The average molecular weight is 372 g/mol. The highest BCUT2D eigenvalue weighted by Crippen LogP contribution is 2.32. The molecular formula is C21H25FN2O3. The van der Waals surface area contributed by atoms with Crippen LogP contribution in [-0.4, -0.2) is 42.1 Å². The highest BCUT2D eigenvalue weighted by atomic mass is 19.1. The summed E-state index contributed by atoms with van der Waals surface area (Å²) in [5.41, 5.74) is 1.87. The van der Waals surface area contributed by atoms with Crippen molar-refractivity contribution in [2.45, 2.75) is 26.9 Å². The number of halogens is 1. The van der Waals surface area contributed by atoms with Crippen molar-refractivity contribution in [3.05, 3.63) is 59.4 Å². The molecule has 0 spiro atoms. The molecule has 27 heavy (non-hydrogen) atoms. The number of carbonyl (C=O) groups is 1. The van der Waals surface area contributed by atoms with Crippen LogP contribution < -0.4 is 9.47 Å². The molecule has 2 aromatic carbocycles. The van der Waals surface area contributed by atoms with Gasteiger partial charge < -0.3 is 14.4 Å². The summed E-state index contributed by atoms with van der Waals surface area (Å²) in [4.78, 5) is 16.6. The Morgan fingerprint density at radius 2 is 1.78 bits per heavy atom. The third-order valence-corrected chi connectivity index (χ3v) is 4.65. The molecule has 0 aromatic heterocycles. The third kappa shape index (κ3) is 4.98. The summed E-state index contributed by atoms with van der Waals surface area (Å²) in [6.07, 6.45) is 0. The fraction of sp³-hybridized carbons (Fsp3) is 0.381. The van der Waals surface area contributed by atoms with Gasteiger partial charge in [0.2, 0.25) is 12.7 Å². The first-order chi connectivity index (χ1) is 13.1. The molecule has 1 aliphatic heterocycles. The summed E-state index contributed by atoms with van der Waals surface area (Å²) in [7, 11) is 0. The lowest BCUT2D eigenvalue weighted by atomic mass is 10.2. The molecule has 0 saturated heterocycles. The van der Waals surface area contributed by atoms with E-state index in [0.717, 1.165) is 29.2 Å². The minimum Gasteiger partial charge on any atom is -0.454 e. The highest BCUT2D eigenvalue weighted by Gasteiger charge is 2.18. The average Bonchev–Trinajstić information content (AvgIpc) is 3.13. The van der Waals surface area contributed by atoms with Crippen LogP contribution in [0.2, 0.25) is 0 Å². The smallest absolute Gasteiger partial charge is 0.237 e. The summed E-state index contributed by atoms with van der Waals surface area (Å²) in [5, 5.41) is 0. The zero-order valence-corrected chi connectivity index (χ0v) is 15.8. The van der Waals surface area contributed by atoms with Gasteiger partial charge in [0.25, 0.3) is 0 Å². The fourth-order valence-corrected chi connectivity index (χ4v) is 3.10. The van der Waals surface area contributed by atoms with E-state index >= 15 is 0 Å². The Balaban J connectivity index is 1.61. The number of fused-ring (bicyclic) bond motifs is 1. The van der Waals surface area contributed by atoms with Gasteiger partial charge in [0.15, 0.2) is 11.5 Å². The summed E-state index contributed by atoms with van der Waals surface area (Å²) in [6.45, 7) is 6.92. The molecule has 0 aliphatic carbocycles. The minimum absolute atomic E-state index is 0.0318. The van der Waals surface area contributed by atoms with Gasteiger partial charge in [-0.1, -0.05) is 25.1 Å². The van der Waals surface area contributed by atoms with Crippen molar-refractivity contribution in [1.82, 2.24) is 9.80 Å². The van der Waals surface area contributed by atoms with Crippen molar-refractivity contribution in [3.63, 3.8) is 0 Å². The largest absolute Gasteiger partial charge is 0.454 e. The Labute approximate surface area is 159 Å². The van der Waals surface area contributed by atoms with Gasteiger partial charge in [0.1, 0.15) is 5.82 Å². The van der Waals surface area contributed by atoms with Gasteiger partial charge in [-0.2, -0.15) is 0 Å². The molecule has 2 aromatic rings. The van der Waals surface area contributed by atoms with Crippen molar-refractivity contribution >= 4 is 5.91 Å². The number of hydrogen-bond acceptors (Lipinski definition) is 4. The van der Waals surface area contributed by atoms with Crippen molar-refractivity contribution in [2.75, 3.05) is 26.4 Å². The second-order valence-corrected chi connectivity index (χ2v) is 6.53. The number of likely N-dealkylation sites (N-methyl/N-ethyl adjacent to an activating group) is 2. The molecule has 0 saturated carbocycles. The summed E-state index contributed by atoms with van der Waals surface area (Å²) in [6, 6.07) is 12.2. The van der Waals surface area contributed by atoms with Crippen molar-refractivity contribution < 1.29 is 18.7 Å². The number of amides is 1. The normalized spacial score (nSPS) is 12.4. The molecule has 1 amide bonds. The Morgan fingerprint density at radius 1 is 1.00 bits per heavy atom. The van der Waals surface area contributed by atoms with Crippen LogP contribution in [0.1, 0.15) is 25.0 Å². The third-order valence-electron chi connectivity index (χ3n) is 4.65. The van der Waals surface area contributed by atoms with E-state index in [9.17, 15) is 9.18 Å². The van der Waals surface area contributed by atoms with Gasteiger partial charge in [-0.25, -0.2) is 4.39 Å². The van der Waals surface area contributed by atoms with Crippen LogP contribution in [0.5, 0.6) is 11.5 Å². The molecule has 0 radical (unpaired) electrons. The maximum absolute atomic E-state index is 13.4. The van der Waals surface area contributed by atoms with Crippen LogP contribution in [0.3, 0.4) is 0 Å². The van der Waals surface area contributed by atoms with Crippen molar-refractivity contribution in [1.29, 1.82) is 0 Å². The number of rotatable bonds is 8. The van der Waals surface area contributed by atoms with Crippen molar-refractivity contribution in [3.8, 4) is 11.5 Å². The minimum atomic E-state index is -0.283. The fourth-order valence-electron chi connectivity index (χ4n) is 3.10. The van der Waals surface area contributed by atoms with Gasteiger partial charge >= 0.3 is 0 Å². The van der Waals surface area contributed by atoms with Gasteiger partial charge in [-0.05, 0) is 48.9 Å². The first-order valence-electron chi connectivity index (χ1n) is 9.22. The summed E-state index contributed by atoms with van der Waals surface area (Å²) in [5.74, 6) is 1.25. The zero-order valence-electron chi connectivity index (χ0n) is 15.8. The van der Waals surface area contributed by atoms with Gasteiger partial charge in [-0.3, -0.25) is 9.69 Å². The number of nitrogens with zero attached hydrogens (tertiary/aromatic N) is 2. The highest BCUT2D eigenvalue weighted by molar-refractivity contribution is 5.78. The molecule has 3 rings (SSSR count). The SMILES string of the molecule is CCN(CC(=O)N(CC)Cc1cccc(F)c1)Cc1ccc2c(c1)OCO2. The Bertz CT molecular complexity index is 797. The molecule has 0 fully saturated rings. The predicted molar refractivity (Wildman–Crippen MR) is 101 cm³/mol. The van der Waals surface area contributed by atoms with E-state index in [1.165, 1.54) is 12.1 Å². The second kappa shape index (κ2) is 8.86. The van der Waals surface area contributed by atoms with Gasteiger partial charge in [0, 0.05) is 19.6 Å². The van der Waals surface area contributed by atoms with E-state index in [2.05, 4.69) is 4.90 Å². The monoisotopic (exact) mass is 372 g/mol. The first kappa shape index (κ1) is 19.2. The molecular weight excluding hydrogens is 347 g/mol. The van der Waals surface area contributed by atoms with Crippen LogP contribution in [0, 0.1) is 5.82 Å². The molecule has 5 nitrogen and oxygen atoms in total. The Hall–Kier alpha value is -2.60. The number of carbonyl (C=O) groups excluding carboxylic acids is 1. The van der Waals surface area contributed by atoms with E-state index in [1.54, 1.807) is 11.0 Å². The van der Waals surface area contributed by atoms with Gasteiger partial charge in [0.05, 0.1) is 6.54 Å². The molecule has 1 aliphatic rings. The number of hydrogen-bond donors (Lipinski definition) is 0. The number of benzene rings is 2. The maximum Gasteiger partial charge on any atom is 0.237 e. The second-order valence-electron chi connectivity index (χ2n) is 6.53. The summed E-state index contributed by atoms with van der Waals surface area (Å²) >= 11 is 0. The van der Waals surface area contributed by atoms with Crippen molar-refractivity contribution in [2.24, 2.45) is 0 Å². The quantitative estimate of drug-likeness (QED) is 0.712. The van der Waals surface area contributed by atoms with E-state index in [-0.39, 0.29) is 18.5 Å². The molecule has 0 atom stereocenters.